The first kappa shape index (κ1) is 9.97. The average Bonchev–Trinajstić information content (AvgIpc) is 3.09. The highest BCUT2D eigenvalue weighted by atomic mass is 16.5. The van der Waals surface area contributed by atoms with Crippen LogP contribution in [0.25, 0.3) is 0 Å². The van der Waals surface area contributed by atoms with Crippen molar-refractivity contribution in [2.24, 2.45) is 5.92 Å². The van der Waals surface area contributed by atoms with Crippen LogP contribution < -0.4 is 4.74 Å². The molecule has 1 fully saturated rings. The Bertz CT molecular complexity index is 366. The van der Waals surface area contributed by atoms with Crippen molar-refractivity contribution in [3.8, 4) is 11.8 Å². The summed E-state index contributed by atoms with van der Waals surface area (Å²) in [7, 11) is 0. The molecule has 1 aromatic rings. The highest BCUT2D eigenvalue weighted by molar-refractivity contribution is 5.29. The van der Waals surface area contributed by atoms with Gasteiger partial charge in [-0.05, 0) is 24.8 Å². The van der Waals surface area contributed by atoms with E-state index in [-0.39, 0.29) is 0 Å². The van der Waals surface area contributed by atoms with Gasteiger partial charge in [0.1, 0.15) is 17.5 Å². The summed E-state index contributed by atoms with van der Waals surface area (Å²) in [5.74, 6) is 1.71. The van der Waals surface area contributed by atoms with E-state index in [0.717, 1.165) is 24.7 Å². The third-order valence-electron chi connectivity index (χ3n) is 2.57. The Morgan fingerprint density at radius 3 is 3.13 bits per heavy atom. The van der Waals surface area contributed by atoms with Gasteiger partial charge >= 0.3 is 0 Å². The molecule has 0 bridgehead atoms. The van der Waals surface area contributed by atoms with Crippen molar-refractivity contribution in [1.82, 2.24) is 4.98 Å². The van der Waals surface area contributed by atoms with Gasteiger partial charge in [0.2, 0.25) is 0 Å². The molecule has 1 saturated carbocycles. The van der Waals surface area contributed by atoms with Crippen LogP contribution in [0.3, 0.4) is 0 Å². The number of hydrogen-bond donors (Lipinski definition) is 0. The molecule has 1 aliphatic rings. The predicted molar refractivity (Wildman–Crippen MR) is 56.4 cm³/mol. The number of hydrogen-bond acceptors (Lipinski definition) is 3. The van der Waals surface area contributed by atoms with Gasteiger partial charge in [-0.3, -0.25) is 0 Å². The van der Waals surface area contributed by atoms with E-state index in [0.29, 0.717) is 5.69 Å². The van der Waals surface area contributed by atoms with Crippen LogP contribution in [0.5, 0.6) is 5.75 Å². The number of nitriles is 1. The molecule has 0 N–H and O–H groups in total. The van der Waals surface area contributed by atoms with Crippen molar-refractivity contribution in [2.45, 2.75) is 25.7 Å². The molecule has 0 amide bonds. The Labute approximate surface area is 89.7 Å². The zero-order valence-corrected chi connectivity index (χ0v) is 8.65. The van der Waals surface area contributed by atoms with Crippen LogP contribution in [0, 0.1) is 17.2 Å². The van der Waals surface area contributed by atoms with E-state index in [1.165, 1.54) is 19.3 Å². The maximum absolute atomic E-state index is 8.65. The Morgan fingerprint density at radius 1 is 1.53 bits per heavy atom. The zero-order chi connectivity index (χ0) is 10.5. The lowest BCUT2D eigenvalue weighted by Crippen LogP contribution is -1.98. The summed E-state index contributed by atoms with van der Waals surface area (Å²) in [4.78, 5) is 3.88. The molecule has 0 aliphatic heterocycles. The Hall–Kier alpha value is -1.56. The molecule has 3 heteroatoms. The first-order valence-corrected chi connectivity index (χ1v) is 5.37. The fourth-order valence-corrected chi connectivity index (χ4v) is 1.53. The van der Waals surface area contributed by atoms with E-state index >= 15 is 0 Å². The molecule has 0 unspecified atom stereocenters. The third-order valence-corrected chi connectivity index (χ3v) is 2.57. The minimum atomic E-state index is 0.412. The second-order valence-electron chi connectivity index (χ2n) is 3.92. The third kappa shape index (κ3) is 3.25. The normalized spacial score (nSPS) is 14.6. The lowest BCUT2D eigenvalue weighted by molar-refractivity contribution is 0.303. The van der Waals surface area contributed by atoms with E-state index in [9.17, 15) is 0 Å². The smallest absolute Gasteiger partial charge is 0.144 e. The van der Waals surface area contributed by atoms with Gasteiger partial charge in [-0.15, -0.1) is 0 Å². The monoisotopic (exact) mass is 202 g/mol. The van der Waals surface area contributed by atoms with E-state index < -0.39 is 0 Å². The van der Waals surface area contributed by atoms with Crippen LogP contribution in [0.4, 0.5) is 0 Å². The fraction of sp³-hybridized carbons (Fsp3) is 0.500. The summed E-state index contributed by atoms with van der Waals surface area (Å²) < 4.78 is 5.54. The van der Waals surface area contributed by atoms with Crippen molar-refractivity contribution >= 4 is 0 Å². The van der Waals surface area contributed by atoms with Crippen LogP contribution in [-0.2, 0) is 0 Å². The van der Waals surface area contributed by atoms with Crippen LogP contribution in [0.1, 0.15) is 31.4 Å². The highest BCUT2D eigenvalue weighted by Crippen LogP contribution is 2.33. The summed E-state index contributed by atoms with van der Waals surface area (Å²) in [6.07, 6.45) is 6.78. The Morgan fingerprint density at radius 2 is 2.40 bits per heavy atom. The predicted octanol–water partition coefficient (Wildman–Crippen LogP) is 2.52. The lowest BCUT2D eigenvalue weighted by Gasteiger charge is -2.05. The zero-order valence-electron chi connectivity index (χ0n) is 8.65. The van der Waals surface area contributed by atoms with E-state index in [2.05, 4.69) is 4.98 Å². The van der Waals surface area contributed by atoms with E-state index in [1.54, 1.807) is 18.3 Å². The number of nitrogens with zero attached hydrogens (tertiary/aromatic N) is 2. The molecule has 3 nitrogen and oxygen atoms in total. The molecule has 0 spiro atoms. The van der Waals surface area contributed by atoms with Gasteiger partial charge in [0, 0.05) is 12.3 Å². The fourth-order valence-electron chi connectivity index (χ4n) is 1.53. The average molecular weight is 202 g/mol. The molecule has 2 rings (SSSR count). The largest absolute Gasteiger partial charge is 0.493 e. The minimum absolute atomic E-state index is 0.412. The van der Waals surface area contributed by atoms with Crippen molar-refractivity contribution in [3.63, 3.8) is 0 Å². The molecule has 0 radical (unpaired) electrons. The van der Waals surface area contributed by atoms with E-state index in [4.69, 9.17) is 10.00 Å². The Balaban J connectivity index is 1.74. The summed E-state index contributed by atoms with van der Waals surface area (Å²) >= 11 is 0. The standard InChI is InChI=1S/C12H14N2O/c13-9-11-8-12(5-6-14-11)15-7-1-2-10-3-4-10/h5-6,8,10H,1-4,7H2. The number of aromatic nitrogens is 1. The number of pyridine rings is 1. The molecular formula is C12H14N2O. The van der Waals surface area contributed by atoms with Gasteiger partial charge in [-0.25, -0.2) is 4.98 Å². The summed E-state index contributed by atoms with van der Waals surface area (Å²) in [6, 6.07) is 5.46. The van der Waals surface area contributed by atoms with Gasteiger partial charge in [0.05, 0.1) is 6.61 Å². The van der Waals surface area contributed by atoms with Crippen LogP contribution in [0.15, 0.2) is 18.3 Å². The van der Waals surface area contributed by atoms with Crippen molar-refractivity contribution in [2.75, 3.05) is 6.61 Å². The first-order chi connectivity index (χ1) is 7.38. The molecule has 0 aromatic carbocycles. The second kappa shape index (κ2) is 4.79. The summed E-state index contributed by atoms with van der Waals surface area (Å²) in [5.41, 5.74) is 0.412. The quantitative estimate of drug-likeness (QED) is 0.689. The topological polar surface area (TPSA) is 45.9 Å². The van der Waals surface area contributed by atoms with Gasteiger partial charge < -0.3 is 4.74 Å². The number of ether oxygens (including phenoxy) is 1. The maximum atomic E-state index is 8.65. The SMILES string of the molecule is N#Cc1cc(OCCCC2CC2)ccn1. The Kier molecular flexibility index (Phi) is 3.18. The molecule has 1 aromatic heterocycles. The molecule has 0 saturated heterocycles. The van der Waals surface area contributed by atoms with Crippen molar-refractivity contribution in [1.29, 1.82) is 5.26 Å². The maximum Gasteiger partial charge on any atom is 0.144 e. The van der Waals surface area contributed by atoms with Crippen molar-refractivity contribution < 1.29 is 4.74 Å². The lowest BCUT2D eigenvalue weighted by atomic mass is 10.2. The molecule has 1 aliphatic carbocycles. The van der Waals surface area contributed by atoms with Crippen molar-refractivity contribution in [3.05, 3.63) is 24.0 Å². The summed E-state index contributed by atoms with van der Waals surface area (Å²) in [5, 5.41) is 8.65. The van der Waals surface area contributed by atoms with Gasteiger partial charge in [-0.2, -0.15) is 5.26 Å². The van der Waals surface area contributed by atoms with Gasteiger partial charge in [-0.1, -0.05) is 12.8 Å². The molecule has 15 heavy (non-hydrogen) atoms. The van der Waals surface area contributed by atoms with Gasteiger partial charge in [0.25, 0.3) is 0 Å². The van der Waals surface area contributed by atoms with Gasteiger partial charge in [0.15, 0.2) is 0 Å². The molecule has 0 atom stereocenters. The minimum Gasteiger partial charge on any atom is -0.493 e. The molecule has 78 valence electrons. The van der Waals surface area contributed by atoms with E-state index in [1.807, 2.05) is 6.07 Å². The number of rotatable bonds is 5. The second-order valence-corrected chi connectivity index (χ2v) is 3.92. The summed E-state index contributed by atoms with van der Waals surface area (Å²) in [6.45, 7) is 0.741. The van der Waals surface area contributed by atoms with Crippen LogP contribution in [0.2, 0.25) is 0 Å². The highest BCUT2D eigenvalue weighted by Gasteiger charge is 2.20. The first-order valence-electron chi connectivity index (χ1n) is 5.37. The molecular weight excluding hydrogens is 188 g/mol. The van der Waals surface area contributed by atoms with Crippen LogP contribution in [-0.4, -0.2) is 11.6 Å². The molecule has 1 heterocycles. The van der Waals surface area contributed by atoms with Crippen LogP contribution >= 0.6 is 0 Å².